The first-order valence-electron chi connectivity index (χ1n) is 7.43. The van der Waals surface area contributed by atoms with Gasteiger partial charge in [0.1, 0.15) is 0 Å². The van der Waals surface area contributed by atoms with E-state index in [0.29, 0.717) is 5.41 Å². The number of aryl methyl sites for hydroxylation is 2. The molecule has 0 amide bonds. The summed E-state index contributed by atoms with van der Waals surface area (Å²) in [5.41, 5.74) is 5.08. The Labute approximate surface area is 112 Å². The Morgan fingerprint density at radius 1 is 1.17 bits per heavy atom. The molecule has 0 bridgehead atoms. The maximum atomic E-state index is 3.64. The van der Waals surface area contributed by atoms with Crippen molar-refractivity contribution in [2.24, 2.45) is 5.41 Å². The van der Waals surface area contributed by atoms with E-state index < -0.39 is 0 Å². The van der Waals surface area contributed by atoms with Crippen LogP contribution in [-0.2, 0) is 6.42 Å². The van der Waals surface area contributed by atoms with Gasteiger partial charge >= 0.3 is 0 Å². The Hall–Kier alpha value is -0.820. The molecule has 18 heavy (non-hydrogen) atoms. The second kappa shape index (κ2) is 5.88. The third kappa shape index (κ3) is 2.95. The first kappa shape index (κ1) is 13.6. The molecule has 0 aliphatic heterocycles. The molecule has 0 aromatic heterocycles. The molecular formula is C17H27N. The summed E-state index contributed by atoms with van der Waals surface area (Å²) in [6.45, 7) is 9.12. The molecular weight excluding hydrogens is 218 g/mol. The minimum absolute atomic E-state index is 0.548. The van der Waals surface area contributed by atoms with Crippen molar-refractivity contribution < 1.29 is 0 Å². The van der Waals surface area contributed by atoms with Crippen LogP contribution in [0.25, 0.3) is 0 Å². The van der Waals surface area contributed by atoms with Crippen LogP contribution in [0.15, 0.2) is 18.2 Å². The normalized spacial score (nSPS) is 17.5. The highest BCUT2D eigenvalue weighted by Gasteiger charge is 2.37. The molecule has 0 spiro atoms. The first-order valence-corrected chi connectivity index (χ1v) is 7.43. The largest absolute Gasteiger partial charge is 0.316 e. The lowest BCUT2D eigenvalue weighted by Crippen LogP contribution is -2.42. The van der Waals surface area contributed by atoms with Crippen LogP contribution in [0.2, 0.25) is 0 Å². The van der Waals surface area contributed by atoms with E-state index in [2.05, 4.69) is 44.3 Å². The van der Waals surface area contributed by atoms with Gasteiger partial charge in [-0.15, -0.1) is 0 Å². The standard InChI is InChI=1S/C17H27N/c1-4-11-18-13-17(9-6-10-17)12-16-14(2)7-5-8-15(16)3/h5,7-8,18H,4,6,9-13H2,1-3H3. The average Bonchev–Trinajstić information content (AvgIpc) is 2.30. The Morgan fingerprint density at radius 2 is 1.83 bits per heavy atom. The molecule has 1 fully saturated rings. The quantitative estimate of drug-likeness (QED) is 0.747. The van der Waals surface area contributed by atoms with Crippen molar-refractivity contribution in [2.45, 2.75) is 52.9 Å². The molecule has 0 unspecified atom stereocenters. The summed E-state index contributed by atoms with van der Waals surface area (Å²) in [4.78, 5) is 0. The number of nitrogens with one attached hydrogen (secondary N) is 1. The van der Waals surface area contributed by atoms with Crippen LogP contribution >= 0.6 is 0 Å². The summed E-state index contributed by atoms with van der Waals surface area (Å²) in [6, 6.07) is 6.69. The molecule has 2 rings (SSSR count). The van der Waals surface area contributed by atoms with Crippen molar-refractivity contribution in [2.75, 3.05) is 13.1 Å². The maximum absolute atomic E-state index is 3.64. The molecule has 0 atom stereocenters. The zero-order valence-corrected chi connectivity index (χ0v) is 12.2. The Balaban J connectivity index is 2.05. The first-order chi connectivity index (χ1) is 8.67. The lowest BCUT2D eigenvalue weighted by Gasteiger charge is -2.43. The summed E-state index contributed by atoms with van der Waals surface area (Å²) < 4.78 is 0. The summed E-state index contributed by atoms with van der Waals surface area (Å²) in [6.07, 6.45) is 6.72. The second-order valence-electron chi connectivity index (χ2n) is 6.08. The molecule has 1 aliphatic rings. The molecule has 1 aromatic rings. The highest BCUT2D eigenvalue weighted by atomic mass is 14.9. The number of hydrogen-bond acceptors (Lipinski definition) is 1. The van der Waals surface area contributed by atoms with Gasteiger partial charge in [0.2, 0.25) is 0 Å². The predicted molar refractivity (Wildman–Crippen MR) is 79.1 cm³/mol. The Bertz CT molecular complexity index is 370. The SMILES string of the molecule is CCCNCC1(Cc2c(C)cccc2C)CCC1. The molecule has 100 valence electrons. The van der Waals surface area contributed by atoms with Gasteiger partial charge in [0.05, 0.1) is 0 Å². The van der Waals surface area contributed by atoms with Gasteiger partial charge in [-0.2, -0.15) is 0 Å². The van der Waals surface area contributed by atoms with Gasteiger partial charge < -0.3 is 5.32 Å². The van der Waals surface area contributed by atoms with Gasteiger partial charge in [0.25, 0.3) is 0 Å². The van der Waals surface area contributed by atoms with Crippen molar-refractivity contribution in [3.63, 3.8) is 0 Å². The lowest BCUT2D eigenvalue weighted by atomic mass is 9.64. The van der Waals surface area contributed by atoms with Gasteiger partial charge in [-0.25, -0.2) is 0 Å². The fraction of sp³-hybridized carbons (Fsp3) is 0.647. The van der Waals surface area contributed by atoms with E-state index in [9.17, 15) is 0 Å². The van der Waals surface area contributed by atoms with E-state index in [1.54, 1.807) is 5.56 Å². The minimum Gasteiger partial charge on any atom is -0.316 e. The maximum Gasteiger partial charge on any atom is 0.00110 e. The number of rotatable bonds is 6. The van der Waals surface area contributed by atoms with E-state index in [1.807, 2.05) is 0 Å². The number of hydrogen-bond donors (Lipinski definition) is 1. The summed E-state index contributed by atoms with van der Waals surface area (Å²) >= 11 is 0. The van der Waals surface area contributed by atoms with E-state index in [-0.39, 0.29) is 0 Å². The van der Waals surface area contributed by atoms with Crippen LogP contribution in [-0.4, -0.2) is 13.1 Å². The Kier molecular flexibility index (Phi) is 4.45. The third-order valence-corrected chi connectivity index (χ3v) is 4.54. The highest BCUT2D eigenvalue weighted by Crippen LogP contribution is 2.44. The van der Waals surface area contributed by atoms with Gasteiger partial charge in [-0.05, 0) is 68.2 Å². The predicted octanol–water partition coefficient (Wildman–Crippen LogP) is 4.02. The van der Waals surface area contributed by atoms with Gasteiger partial charge in [-0.1, -0.05) is 31.5 Å². The van der Waals surface area contributed by atoms with Crippen molar-refractivity contribution in [1.82, 2.24) is 5.32 Å². The highest BCUT2D eigenvalue weighted by molar-refractivity contribution is 5.34. The zero-order valence-electron chi connectivity index (χ0n) is 12.2. The molecule has 1 N–H and O–H groups in total. The van der Waals surface area contributed by atoms with Crippen LogP contribution in [0.4, 0.5) is 0 Å². The lowest BCUT2D eigenvalue weighted by molar-refractivity contribution is 0.130. The zero-order chi connectivity index (χ0) is 13.0. The molecule has 1 nitrogen and oxygen atoms in total. The molecule has 1 aliphatic carbocycles. The van der Waals surface area contributed by atoms with Crippen LogP contribution in [0.5, 0.6) is 0 Å². The van der Waals surface area contributed by atoms with Crippen molar-refractivity contribution >= 4 is 0 Å². The molecule has 0 radical (unpaired) electrons. The van der Waals surface area contributed by atoms with Crippen molar-refractivity contribution in [3.8, 4) is 0 Å². The van der Waals surface area contributed by atoms with Gasteiger partial charge in [0, 0.05) is 6.54 Å². The topological polar surface area (TPSA) is 12.0 Å². The minimum atomic E-state index is 0.548. The summed E-state index contributed by atoms with van der Waals surface area (Å²) in [5, 5.41) is 3.64. The Morgan fingerprint density at radius 3 is 2.33 bits per heavy atom. The molecule has 0 heterocycles. The van der Waals surface area contributed by atoms with E-state index >= 15 is 0 Å². The monoisotopic (exact) mass is 245 g/mol. The summed E-state index contributed by atoms with van der Waals surface area (Å²) in [7, 11) is 0. The smallest absolute Gasteiger partial charge is 0.00110 e. The fourth-order valence-electron chi connectivity index (χ4n) is 3.13. The van der Waals surface area contributed by atoms with Crippen LogP contribution in [0.1, 0.15) is 49.3 Å². The van der Waals surface area contributed by atoms with E-state index in [0.717, 1.165) is 6.54 Å². The van der Waals surface area contributed by atoms with Crippen LogP contribution in [0.3, 0.4) is 0 Å². The van der Waals surface area contributed by atoms with Gasteiger partial charge in [-0.3, -0.25) is 0 Å². The molecule has 0 saturated heterocycles. The van der Waals surface area contributed by atoms with Gasteiger partial charge in [0.15, 0.2) is 0 Å². The fourth-order valence-corrected chi connectivity index (χ4v) is 3.13. The van der Waals surface area contributed by atoms with Crippen molar-refractivity contribution in [1.29, 1.82) is 0 Å². The number of benzene rings is 1. The second-order valence-corrected chi connectivity index (χ2v) is 6.08. The molecule has 1 heteroatoms. The van der Waals surface area contributed by atoms with E-state index in [4.69, 9.17) is 0 Å². The molecule has 1 aromatic carbocycles. The third-order valence-electron chi connectivity index (χ3n) is 4.54. The average molecular weight is 245 g/mol. The van der Waals surface area contributed by atoms with E-state index in [1.165, 1.54) is 49.8 Å². The van der Waals surface area contributed by atoms with Crippen molar-refractivity contribution in [3.05, 3.63) is 34.9 Å². The summed E-state index contributed by atoms with van der Waals surface area (Å²) in [5.74, 6) is 0. The van der Waals surface area contributed by atoms with Crippen LogP contribution < -0.4 is 5.32 Å². The molecule has 1 saturated carbocycles. The van der Waals surface area contributed by atoms with Crippen LogP contribution in [0, 0.1) is 19.3 Å².